The Kier molecular flexibility index (Phi) is 9.16. The van der Waals surface area contributed by atoms with Gasteiger partial charge in [-0.3, -0.25) is 19.7 Å². The van der Waals surface area contributed by atoms with E-state index in [0.717, 1.165) is 4.90 Å². The van der Waals surface area contributed by atoms with Crippen LogP contribution < -0.4 is 29.7 Å². The monoisotopic (exact) mass is 597 g/mol. The molecular weight excluding hydrogens is 573 g/mol. The van der Waals surface area contributed by atoms with E-state index in [1.165, 1.54) is 25.3 Å². The minimum atomic E-state index is -0.897. The molecule has 0 aromatic heterocycles. The second-order valence-electron chi connectivity index (χ2n) is 8.64. The van der Waals surface area contributed by atoms with E-state index in [9.17, 15) is 19.2 Å². The summed E-state index contributed by atoms with van der Waals surface area (Å²) in [5, 5.41) is 5.29. The van der Waals surface area contributed by atoms with Crippen LogP contribution in [0.3, 0.4) is 0 Å². The van der Waals surface area contributed by atoms with Crippen LogP contribution in [0.25, 0.3) is 6.08 Å². The molecule has 0 spiro atoms. The molecule has 5 amide bonds. The molecule has 1 heterocycles. The van der Waals surface area contributed by atoms with Crippen LogP contribution in [0.1, 0.15) is 18.1 Å². The average Bonchev–Trinajstić information content (AvgIpc) is 2.93. The number of rotatable bonds is 9. The van der Waals surface area contributed by atoms with E-state index in [0.29, 0.717) is 27.6 Å². The third-order valence-corrected chi connectivity index (χ3v) is 6.64. The van der Waals surface area contributed by atoms with Crippen LogP contribution in [-0.4, -0.2) is 44.1 Å². The number of hydrogen-bond acceptors (Lipinski definition) is 7. The summed E-state index contributed by atoms with van der Waals surface area (Å²) in [6.45, 7) is 3.23. The second-order valence-corrected chi connectivity index (χ2v) is 9.46. The lowest BCUT2D eigenvalue weighted by molar-refractivity contribution is -0.122. The van der Waals surface area contributed by atoms with Crippen molar-refractivity contribution in [1.82, 2.24) is 5.32 Å². The highest BCUT2D eigenvalue weighted by Gasteiger charge is 2.37. The normalized spacial score (nSPS) is 14.1. The molecule has 212 valence electrons. The van der Waals surface area contributed by atoms with Gasteiger partial charge in [0.2, 0.25) is 0 Å². The summed E-state index contributed by atoms with van der Waals surface area (Å²) < 4.78 is 16.6. The third kappa shape index (κ3) is 6.45. The number of halogens is 2. The van der Waals surface area contributed by atoms with Crippen LogP contribution in [0.4, 0.5) is 16.2 Å². The summed E-state index contributed by atoms with van der Waals surface area (Å²) in [6, 6.07) is 13.7. The van der Waals surface area contributed by atoms with Gasteiger partial charge >= 0.3 is 6.03 Å². The molecular formula is C29H25Cl2N3O7. The zero-order chi connectivity index (χ0) is 29.7. The molecule has 1 aliphatic rings. The molecule has 10 nitrogen and oxygen atoms in total. The van der Waals surface area contributed by atoms with Crippen molar-refractivity contribution < 1.29 is 33.4 Å². The van der Waals surface area contributed by atoms with Gasteiger partial charge in [0.15, 0.2) is 18.1 Å². The number of amides is 5. The number of para-hydroxylation sites is 2. The fraction of sp³-hybridized carbons (Fsp3) is 0.172. The molecule has 41 heavy (non-hydrogen) atoms. The SMILES string of the molecule is CCOc1cc(/C=C2/C(=O)NC(=O)N(c3cccc(Cl)c3C)C2=O)cc(Cl)c1OCC(=O)Nc1ccccc1OC. The predicted molar refractivity (Wildman–Crippen MR) is 155 cm³/mol. The summed E-state index contributed by atoms with van der Waals surface area (Å²) in [5.74, 6) is -1.43. The maximum Gasteiger partial charge on any atom is 0.335 e. The van der Waals surface area contributed by atoms with Gasteiger partial charge < -0.3 is 19.5 Å². The van der Waals surface area contributed by atoms with Crippen molar-refractivity contribution >= 4 is 64.4 Å². The van der Waals surface area contributed by atoms with E-state index in [-0.39, 0.29) is 34.4 Å². The van der Waals surface area contributed by atoms with Crippen molar-refractivity contribution in [3.63, 3.8) is 0 Å². The van der Waals surface area contributed by atoms with Gasteiger partial charge in [0.1, 0.15) is 11.3 Å². The molecule has 2 N–H and O–H groups in total. The number of imide groups is 2. The third-order valence-electron chi connectivity index (χ3n) is 5.95. The molecule has 0 atom stereocenters. The summed E-state index contributed by atoms with van der Waals surface area (Å²) in [7, 11) is 1.49. The van der Waals surface area contributed by atoms with Crippen LogP contribution in [0.2, 0.25) is 10.0 Å². The van der Waals surface area contributed by atoms with Gasteiger partial charge in [-0.2, -0.15) is 0 Å². The number of benzene rings is 3. The van der Waals surface area contributed by atoms with Crippen molar-refractivity contribution in [3.05, 3.63) is 81.3 Å². The summed E-state index contributed by atoms with van der Waals surface area (Å²) in [5.41, 5.74) is 1.20. The highest BCUT2D eigenvalue weighted by molar-refractivity contribution is 6.40. The maximum absolute atomic E-state index is 13.3. The first kappa shape index (κ1) is 29.4. The smallest absolute Gasteiger partial charge is 0.335 e. The average molecular weight is 598 g/mol. The number of urea groups is 1. The van der Waals surface area contributed by atoms with E-state index < -0.39 is 30.4 Å². The molecule has 0 saturated carbocycles. The first-order valence-electron chi connectivity index (χ1n) is 12.3. The largest absolute Gasteiger partial charge is 0.495 e. The first-order valence-corrected chi connectivity index (χ1v) is 13.1. The zero-order valence-corrected chi connectivity index (χ0v) is 23.8. The van der Waals surface area contributed by atoms with E-state index >= 15 is 0 Å². The lowest BCUT2D eigenvalue weighted by Crippen LogP contribution is -2.54. The van der Waals surface area contributed by atoms with Gasteiger partial charge in [0, 0.05) is 5.02 Å². The molecule has 4 rings (SSSR count). The Morgan fingerprint density at radius 2 is 1.76 bits per heavy atom. The Labute approximate surface area is 245 Å². The topological polar surface area (TPSA) is 123 Å². The molecule has 1 aliphatic heterocycles. The van der Waals surface area contributed by atoms with Crippen LogP contribution in [0.5, 0.6) is 17.2 Å². The number of anilines is 2. The van der Waals surface area contributed by atoms with Crippen LogP contribution >= 0.6 is 23.2 Å². The highest BCUT2D eigenvalue weighted by atomic mass is 35.5. The summed E-state index contributed by atoms with van der Waals surface area (Å²) >= 11 is 12.7. The van der Waals surface area contributed by atoms with Gasteiger partial charge in [-0.1, -0.05) is 41.4 Å². The Morgan fingerprint density at radius 1 is 1.00 bits per heavy atom. The summed E-state index contributed by atoms with van der Waals surface area (Å²) in [4.78, 5) is 52.0. The number of nitrogens with zero attached hydrogens (tertiary/aromatic N) is 1. The summed E-state index contributed by atoms with van der Waals surface area (Å²) in [6.07, 6.45) is 1.28. The van der Waals surface area contributed by atoms with Gasteiger partial charge in [-0.05, 0) is 67.4 Å². The standard InChI is InChI=1S/C29H25Cl2N3O7/c1-4-40-24-14-17(13-20(31)26(24)41-15-25(35)32-21-9-5-6-11-23(21)39-3)12-18-27(36)33-29(38)34(28(18)37)22-10-7-8-19(30)16(22)2/h5-14H,4,15H2,1-3H3,(H,32,35)(H,33,36,38)/b18-12-. The number of carbonyl (C=O) groups excluding carboxylic acids is 4. The molecule has 0 radical (unpaired) electrons. The number of hydrogen-bond donors (Lipinski definition) is 2. The first-order chi connectivity index (χ1) is 19.6. The lowest BCUT2D eigenvalue weighted by atomic mass is 10.1. The lowest BCUT2D eigenvalue weighted by Gasteiger charge is -2.27. The number of methoxy groups -OCH3 is 1. The second kappa shape index (κ2) is 12.8. The fourth-order valence-corrected chi connectivity index (χ4v) is 4.47. The van der Waals surface area contributed by atoms with Crippen molar-refractivity contribution in [1.29, 1.82) is 0 Å². The van der Waals surface area contributed by atoms with Crippen molar-refractivity contribution in [2.24, 2.45) is 0 Å². The van der Waals surface area contributed by atoms with E-state index in [1.807, 2.05) is 0 Å². The molecule has 12 heteroatoms. The minimum absolute atomic E-state index is 0.0650. The Hall–Kier alpha value is -4.54. The van der Waals surface area contributed by atoms with Gasteiger partial charge in [0.05, 0.1) is 30.1 Å². The molecule has 1 fully saturated rings. The quantitative estimate of drug-likeness (QED) is 0.250. The number of carbonyl (C=O) groups is 4. The molecule has 0 aliphatic carbocycles. The molecule has 0 bridgehead atoms. The van der Waals surface area contributed by atoms with E-state index in [1.54, 1.807) is 56.3 Å². The van der Waals surface area contributed by atoms with Gasteiger partial charge in [-0.15, -0.1) is 0 Å². The molecule has 0 unspecified atom stereocenters. The predicted octanol–water partition coefficient (Wildman–Crippen LogP) is 5.39. The van der Waals surface area contributed by atoms with E-state index in [4.69, 9.17) is 37.4 Å². The van der Waals surface area contributed by atoms with Crippen molar-refractivity contribution in [2.45, 2.75) is 13.8 Å². The minimum Gasteiger partial charge on any atom is -0.495 e. The molecule has 3 aromatic rings. The highest BCUT2D eigenvalue weighted by Crippen LogP contribution is 2.38. The number of barbiturate groups is 1. The number of nitrogens with one attached hydrogen (secondary N) is 2. The zero-order valence-electron chi connectivity index (χ0n) is 22.2. The Morgan fingerprint density at radius 3 is 2.49 bits per heavy atom. The van der Waals surface area contributed by atoms with Gasteiger partial charge in [-0.25, -0.2) is 9.69 Å². The Bertz CT molecular complexity index is 1570. The van der Waals surface area contributed by atoms with Crippen LogP contribution in [0, 0.1) is 6.92 Å². The molecule has 3 aromatic carbocycles. The van der Waals surface area contributed by atoms with Crippen molar-refractivity contribution in [2.75, 3.05) is 30.5 Å². The van der Waals surface area contributed by atoms with Gasteiger partial charge in [0.25, 0.3) is 17.7 Å². The molecule has 1 saturated heterocycles. The van der Waals surface area contributed by atoms with Crippen LogP contribution in [0.15, 0.2) is 60.2 Å². The van der Waals surface area contributed by atoms with Crippen molar-refractivity contribution in [3.8, 4) is 17.2 Å². The maximum atomic E-state index is 13.3. The number of ether oxygens (including phenoxy) is 3. The van der Waals surface area contributed by atoms with E-state index in [2.05, 4.69) is 10.6 Å². The van der Waals surface area contributed by atoms with Crippen LogP contribution in [-0.2, 0) is 14.4 Å². The fourth-order valence-electron chi connectivity index (χ4n) is 4.03. The Balaban J connectivity index is 1.60.